The molecule has 2 amide bonds. The highest BCUT2D eigenvalue weighted by atomic mass is 35.5. The Balaban J connectivity index is 1.92. The summed E-state index contributed by atoms with van der Waals surface area (Å²) < 4.78 is 6.45. The van der Waals surface area contributed by atoms with Crippen LogP contribution in [0, 0.1) is 12.8 Å². The fraction of sp³-hybridized carbons (Fsp3) is 0.333. The first kappa shape index (κ1) is 23.2. The lowest BCUT2D eigenvalue weighted by atomic mass is 10.1. The number of nitrogens with zero attached hydrogens (tertiary/aromatic N) is 2. The van der Waals surface area contributed by atoms with Crippen molar-refractivity contribution in [3.63, 3.8) is 0 Å². The second kappa shape index (κ2) is 10.6. The van der Waals surface area contributed by atoms with Gasteiger partial charge in [-0.2, -0.15) is 5.10 Å². The van der Waals surface area contributed by atoms with Gasteiger partial charge in [0.1, 0.15) is 5.15 Å². The van der Waals surface area contributed by atoms with Crippen LogP contribution < -0.4 is 10.6 Å². The highest BCUT2D eigenvalue weighted by Gasteiger charge is 2.14. The molecule has 0 aliphatic rings. The molecule has 0 fully saturated rings. The molecule has 160 valence electrons. The van der Waals surface area contributed by atoms with Gasteiger partial charge in [-0.3, -0.25) is 14.3 Å². The fourth-order valence-electron chi connectivity index (χ4n) is 2.54. The molecule has 2 aromatic rings. The number of benzene rings is 1. The Morgan fingerprint density at radius 3 is 2.60 bits per heavy atom. The zero-order chi connectivity index (χ0) is 22.3. The number of aromatic nitrogens is 2. The minimum absolute atomic E-state index is 0.289. The Kier molecular flexibility index (Phi) is 8.17. The Labute approximate surface area is 180 Å². The number of nitrogens with one attached hydrogen (secondary N) is 2. The largest absolute Gasteiger partial charge is 0.452 e. The molecule has 0 aliphatic carbocycles. The summed E-state index contributed by atoms with van der Waals surface area (Å²) in [5.41, 5.74) is 1.94. The number of hydrogen-bond acceptors (Lipinski definition) is 5. The number of aryl methyl sites for hydroxylation is 2. The quantitative estimate of drug-likeness (QED) is 0.493. The number of para-hydroxylation sites is 1. The number of anilines is 1. The summed E-state index contributed by atoms with van der Waals surface area (Å²) in [4.78, 5) is 36.4. The lowest BCUT2D eigenvalue weighted by Gasteiger charge is -2.12. The van der Waals surface area contributed by atoms with Gasteiger partial charge in [0.15, 0.2) is 6.61 Å². The summed E-state index contributed by atoms with van der Waals surface area (Å²) in [6, 6.07) is 6.62. The van der Waals surface area contributed by atoms with E-state index in [1.807, 2.05) is 13.8 Å². The monoisotopic (exact) mass is 432 g/mol. The van der Waals surface area contributed by atoms with Crippen LogP contribution in [0.1, 0.15) is 35.5 Å². The third-order valence-electron chi connectivity index (χ3n) is 4.04. The number of carbonyl (C=O) groups excluding carboxylic acids is 3. The van der Waals surface area contributed by atoms with Crippen LogP contribution in [0.4, 0.5) is 5.69 Å². The maximum absolute atomic E-state index is 12.3. The van der Waals surface area contributed by atoms with Gasteiger partial charge in [0.2, 0.25) is 0 Å². The molecule has 0 spiro atoms. The zero-order valence-electron chi connectivity index (χ0n) is 17.4. The van der Waals surface area contributed by atoms with Gasteiger partial charge in [-0.25, -0.2) is 4.79 Å². The van der Waals surface area contributed by atoms with Crippen LogP contribution in [0.3, 0.4) is 0 Å². The van der Waals surface area contributed by atoms with Gasteiger partial charge in [-0.15, -0.1) is 0 Å². The van der Waals surface area contributed by atoms with Crippen molar-refractivity contribution < 1.29 is 19.1 Å². The predicted octanol–water partition coefficient (Wildman–Crippen LogP) is 2.96. The van der Waals surface area contributed by atoms with E-state index in [0.717, 1.165) is 0 Å². The molecule has 0 saturated heterocycles. The van der Waals surface area contributed by atoms with Gasteiger partial charge in [0.25, 0.3) is 11.8 Å². The van der Waals surface area contributed by atoms with Crippen molar-refractivity contribution in [2.45, 2.75) is 20.8 Å². The summed E-state index contributed by atoms with van der Waals surface area (Å²) in [5, 5.41) is 9.93. The Bertz CT molecular complexity index is 966. The highest BCUT2D eigenvalue weighted by Crippen LogP contribution is 2.20. The predicted molar refractivity (Wildman–Crippen MR) is 115 cm³/mol. The van der Waals surface area contributed by atoms with Crippen molar-refractivity contribution in [2.24, 2.45) is 13.0 Å². The molecule has 0 aliphatic heterocycles. The normalized spacial score (nSPS) is 11.0. The van der Waals surface area contributed by atoms with E-state index in [0.29, 0.717) is 40.1 Å². The van der Waals surface area contributed by atoms with E-state index in [4.69, 9.17) is 16.3 Å². The molecule has 1 aromatic heterocycles. The van der Waals surface area contributed by atoms with E-state index in [1.54, 1.807) is 38.2 Å². The SMILES string of the molecule is Cc1nn(C)c(Cl)c1/C=C/C(=O)OCC(=O)Nc1ccccc1C(=O)NCC(C)C. The number of amides is 2. The summed E-state index contributed by atoms with van der Waals surface area (Å²) in [6.45, 7) is 5.76. The Morgan fingerprint density at radius 1 is 1.27 bits per heavy atom. The maximum Gasteiger partial charge on any atom is 0.331 e. The first-order valence-electron chi connectivity index (χ1n) is 9.40. The van der Waals surface area contributed by atoms with E-state index in [2.05, 4.69) is 15.7 Å². The van der Waals surface area contributed by atoms with Gasteiger partial charge in [0, 0.05) is 25.2 Å². The molecule has 0 saturated carbocycles. The van der Waals surface area contributed by atoms with Crippen molar-refractivity contribution >= 4 is 41.1 Å². The molecular weight excluding hydrogens is 408 g/mol. The van der Waals surface area contributed by atoms with Gasteiger partial charge >= 0.3 is 5.97 Å². The molecule has 0 unspecified atom stereocenters. The Hall–Kier alpha value is -3.13. The van der Waals surface area contributed by atoms with E-state index in [-0.39, 0.29) is 5.91 Å². The van der Waals surface area contributed by atoms with Crippen LogP contribution in [-0.4, -0.2) is 40.7 Å². The zero-order valence-corrected chi connectivity index (χ0v) is 18.1. The minimum Gasteiger partial charge on any atom is -0.452 e. The van der Waals surface area contributed by atoms with Crippen LogP contribution in [0.5, 0.6) is 0 Å². The molecule has 2 rings (SSSR count). The lowest BCUT2D eigenvalue weighted by molar-refractivity contribution is -0.142. The first-order valence-corrected chi connectivity index (χ1v) is 9.77. The second-order valence-corrected chi connectivity index (χ2v) is 7.41. The Morgan fingerprint density at radius 2 is 1.97 bits per heavy atom. The molecule has 30 heavy (non-hydrogen) atoms. The highest BCUT2D eigenvalue weighted by molar-refractivity contribution is 6.31. The van der Waals surface area contributed by atoms with Gasteiger partial charge in [-0.05, 0) is 31.1 Å². The summed E-state index contributed by atoms with van der Waals surface area (Å²) in [6.07, 6.45) is 2.66. The summed E-state index contributed by atoms with van der Waals surface area (Å²) in [5.74, 6) is -1.25. The van der Waals surface area contributed by atoms with Gasteiger partial charge in [0.05, 0.1) is 16.9 Å². The van der Waals surface area contributed by atoms with Crippen molar-refractivity contribution in [3.05, 3.63) is 52.3 Å². The van der Waals surface area contributed by atoms with Crippen LogP contribution in [-0.2, 0) is 21.4 Å². The van der Waals surface area contributed by atoms with Crippen LogP contribution in [0.25, 0.3) is 6.08 Å². The fourth-order valence-corrected chi connectivity index (χ4v) is 2.78. The van der Waals surface area contributed by atoms with Crippen molar-refractivity contribution in [1.29, 1.82) is 0 Å². The molecule has 2 N–H and O–H groups in total. The van der Waals surface area contributed by atoms with Gasteiger partial charge < -0.3 is 15.4 Å². The number of carbonyl (C=O) groups is 3. The number of esters is 1. The number of hydrogen-bond donors (Lipinski definition) is 2. The van der Waals surface area contributed by atoms with Gasteiger partial charge in [-0.1, -0.05) is 37.6 Å². The minimum atomic E-state index is -0.701. The third-order valence-corrected chi connectivity index (χ3v) is 4.49. The standard InChI is InChI=1S/C21H25ClN4O4/c1-13(2)11-23-21(29)16-7-5-6-8-17(16)24-18(27)12-30-19(28)10-9-15-14(3)25-26(4)20(15)22/h5-10,13H,11-12H2,1-4H3,(H,23,29)(H,24,27)/b10-9+. The first-order chi connectivity index (χ1) is 14.2. The van der Waals surface area contributed by atoms with Crippen LogP contribution in [0.2, 0.25) is 5.15 Å². The van der Waals surface area contributed by atoms with Crippen LogP contribution in [0.15, 0.2) is 30.3 Å². The molecular formula is C21H25ClN4O4. The molecule has 9 heteroatoms. The smallest absolute Gasteiger partial charge is 0.331 e. The number of halogens is 1. The van der Waals surface area contributed by atoms with Crippen molar-refractivity contribution in [2.75, 3.05) is 18.5 Å². The van der Waals surface area contributed by atoms with E-state index in [9.17, 15) is 14.4 Å². The average molecular weight is 433 g/mol. The summed E-state index contributed by atoms with van der Waals surface area (Å²) >= 11 is 6.10. The number of ether oxygens (including phenoxy) is 1. The number of rotatable bonds is 8. The molecule has 8 nitrogen and oxygen atoms in total. The third kappa shape index (κ3) is 6.45. The summed E-state index contributed by atoms with van der Waals surface area (Å²) in [7, 11) is 1.69. The average Bonchev–Trinajstić information content (AvgIpc) is 2.94. The van der Waals surface area contributed by atoms with Crippen LogP contribution >= 0.6 is 11.6 Å². The molecule has 1 heterocycles. The maximum atomic E-state index is 12.3. The molecule has 1 aromatic carbocycles. The molecule has 0 radical (unpaired) electrons. The van der Waals surface area contributed by atoms with E-state index < -0.39 is 18.5 Å². The van der Waals surface area contributed by atoms with Crippen molar-refractivity contribution in [1.82, 2.24) is 15.1 Å². The molecule has 0 atom stereocenters. The lowest BCUT2D eigenvalue weighted by Crippen LogP contribution is -2.29. The topological polar surface area (TPSA) is 102 Å². The van der Waals surface area contributed by atoms with E-state index >= 15 is 0 Å². The molecule has 0 bridgehead atoms. The van der Waals surface area contributed by atoms with Crippen molar-refractivity contribution in [3.8, 4) is 0 Å². The second-order valence-electron chi connectivity index (χ2n) is 7.05. The van der Waals surface area contributed by atoms with E-state index in [1.165, 1.54) is 16.8 Å².